The number of benzene rings is 1. The smallest absolute Gasteiger partial charge is 0.213 e. The van der Waals surface area contributed by atoms with Crippen molar-refractivity contribution in [3.8, 4) is 11.6 Å². The lowest BCUT2D eigenvalue weighted by molar-refractivity contribution is 0.129. The van der Waals surface area contributed by atoms with Crippen molar-refractivity contribution >= 4 is 29.9 Å². The van der Waals surface area contributed by atoms with Crippen molar-refractivity contribution in [3.63, 3.8) is 0 Å². The molecular formula is C21H31IN4O2. The summed E-state index contributed by atoms with van der Waals surface area (Å²) in [5.41, 5.74) is 1.68. The monoisotopic (exact) mass is 498 g/mol. The van der Waals surface area contributed by atoms with E-state index in [4.69, 9.17) is 9.47 Å². The second kappa shape index (κ2) is 11.7. The van der Waals surface area contributed by atoms with E-state index in [9.17, 15) is 0 Å². The van der Waals surface area contributed by atoms with Crippen LogP contribution < -0.4 is 20.1 Å². The molecule has 6 nitrogen and oxygen atoms in total. The van der Waals surface area contributed by atoms with Crippen molar-refractivity contribution in [1.82, 2.24) is 15.6 Å². The molecule has 7 heteroatoms. The lowest BCUT2D eigenvalue weighted by Gasteiger charge is -2.23. The van der Waals surface area contributed by atoms with Gasteiger partial charge in [0, 0.05) is 18.2 Å². The van der Waals surface area contributed by atoms with Gasteiger partial charge in [-0.1, -0.05) is 24.3 Å². The van der Waals surface area contributed by atoms with Crippen LogP contribution in [0.2, 0.25) is 0 Å². The summed E-state index contributed by atoms with van der Waals surface area (Å²) in [5, 5.41) is 6.56. The summed E-state index contributed by atoms with van der Waals surface area (Å²) in [6.07, 6.45) is 0. The molecule has 0 spiro atoms. The van der Waals surface area contributed by atoms with Crippen molar-refractivity contribution in [2.24, 2.45) is 4.99 Å². The van der Waals surface area contributed by atoms with Gasteiger partial charge in [-0.05, 0) is 39.8 Å². The summed E-state index contributed by atoms with van der Waals surface area (Å²) in [4.78, 5) is 9.10. The molecule has 2 N–H and O–H groups in total. The van der Waals surface area contributed by atoms with E-state index >= 15 is 0 Å². The van der Waals surface area contributed by atoms with Crippen molar-refractivity contribution in [1.29, 1.82) is 0 Å². The number of nitrogens with zero attached hydrogens (tertiary/aromatic N) is 2. The molecule has 154 valence electrons. The highest BCUT2D eigenvalue weighted by Gasteiger charge is 2.14. The minimum atomic E-state index is -0.249. The maximum atomic E-state index is 6.05. The molecule has 0 aliphatic carbocycles. The molecule has 0 bridgehead atoms. The number of halogens is 1. The standard InChI is InChI=1S/C21H30N4O2.HI/c1-6-22-20(24-15-17-11-9-13-19(25-17)26-5)23-14-16-10-7-8-12-18(16)27-21(2,3)4;/h7-13H,6,14-15H2,1-5H3,(H2,22,23,24);1H. The van der Waals surface area contributed by atoms with Gasteiger partial charge in [0.1, 0.15) is 11.4 Å². The first-order valence-electron chi connectivity index (χ1n) is 9.20. The molecule has 0 aliphatic heterocycles. The van der Waals surface area contributed by atoms with E-state index in [-0.39, 0.29) is 29.6 Å². The Morgan fingerprint density at radius 3 is 2.50 bits per heavy atom. The van der Waals surface area contributed by atoms with Gasteiger partial charge in [0.05, 0.1) is 25.9 Å². The lowest BCUT2D eigenvalue weighted by atomic mass is 10.1. The number of nitrogens with one attached hydrogen (secondary N) is 2. The minimum Gasteiger partial charge on any atom is -0.488 e. The number of aromatic nitrogens is 1. The number of aliphatic imine (C=N–C) groups is 1. The van der Waals surface area contributed by atoms with Gasteiger partial charge in [0.15, 0.2) is 5.96 Å². The number of ether oxygens (including phenoxy) is 2. The van der Waals surface area contributed by atoms with E-state index in [2.05, 4.69) is 20.6 Å². The molecule has 1 aromatic carbocycles. The van der Waals surface area contributed by atoms with E-state index < -0.39 is 0 Å². The molecular weight excluding hydrogens is 467 g/mol. The third-order valence-corrected chi connectivity index (χ3v) is 3.57. The number of rotatable bonds is 7. The van der Waals surface area contributed by atoms with Crippen LogP contribution in [0.5, 0.6) is 11.6 Å². The SMILES string of the molecule is CCNC(=NCc1ccccc1OC(C)(C)C)NCc1cccc(OC)n1.I. The summed E-state index contributed by atoms with van der Waals surface area (Å²) < 4.78 is 11.2. The molecule has 0 aliphatic rings. The van der Waals surface area contributed by atoms with Crippen molar-refractivity contribution in [2.75, 3.05) is 13.7 Å². The number of methoxy groups -OCH3 is 1. The van der Waals surface area contributed by atoms with Gasteiger partial charge < -0.3 is 20.1 Å². The molecule has 0 amide bonds. The van der Waals surface area contributed by atoms with Crippen molar-refractivity contribution in [3.05, 3.63) is 53.7 Å². The van der Waals surface area contributed by atoms with Gasteiger partial charge in [-0.3, -0.25) is 0 Å². The summed E-state index contributed by atoms with van der Waals surface area (Å²) >= 11 is 0. The van der Waals surface area contributed by atoms with Crippen LogP contribution in [0.1, 0.15) is 39.0 Å². The number of para-hydroxylation sites is 1. The van der Waals surface area contributed by atoms with Crippen LogP contribution >= 0.6 is 24.0 Å². The Morgan fingerprint density at radius 2 is 1.82 bits per heavy atom. The molecule has 0 radical (unpaired) electrons. The highest BCUT2D eigenvalue weighted by molar-refractivity contribution is 14.0. The van der Waals surface area contributed by atoms with Gasteiger partial charge in [-0.15, -0.1) is 24.0 Å². The number of hydrogen-bond donors (Lipinski definition) is 2. The maximum absolute atomic E-state index is 6.05. The molecule has 0 saturated carbocycles. The first-order valence-corrected chi connectivity index (χ1v) is 9.20. The van der Waals surface area contributed by atoms with Gasteiger partial charge >= 0.3 is 0 Å². The highest BCUT2D eigenvalue weighted by atomic mass is 127. The average Bonchev–Trinajstić information content (AvgIpc) is 2.64. The average molecular weight is 498 g/mol. The largest absolute Gasteiger partial charge is 0.488 e. The zero-order valence-corrected chi connectivity index (χ0v) is 19.6. The predicted molar refractivity (Wildman–Crippen MR) is 125 cm³/mol. The lowest BCUT2D eigenvalue weighted by Crippen LogP contribution is -2.37. The Labute approximate surface area is 185 Å². The molecule has 1 heterocycles. The molecule has 0 atom stereocenters. The van der Waals surface area contributed by atoms with Gasteiger partial charge in [0.2, 0.25) is 5.88 Å². The van der Waals surface area contributed by atoms with Crippen LogP contribution in [0.15, 0.2) is 47.5 Å². The highest BCUT2D eigenvalue weighted by Crippen LogP contribution is 2.23. The topological polar surface area (TPSA) is 67.8 Å². The van der Waals surface area contributed by atoms with E-state index in [1.54, 1.807) is 7.11 Å². The summed E-state index contributed by atoms with van der Waals surface area (Å²) in [6.45, 7) is 10.0. The zero-order chi connectivity index (χ0) is 19.7. The second-order valence-corrected chi connectivity index (χ2v) is 7.04. The van der Waals surface area contributed by atoms with E-state index in [1.807, 2.05) is 70.2 Å². The predicted octanol–water partition coefficient (Wildman–Crippen LogP) is 4.14. The van der Waals surface area contributed by atoms with Crippen LogP contribution in [0.25, 0.3) is 0 Å². The van der Waals surface area contributed by atoms with Crippen LogP contribution in [-0.2, 0) is 13.1 Å². The number of guanidine groups is 1. The Bertz CT molecular complexity index is 760. The Morgan fingerprint density at radius 1 is 1.07 bits per heavy atom. The fourth-order valence-corrected chi connectivity index (χ4v) is 2.41. The molecule has 0 saturated heterocycles. The van der Waals surface area contributed by atoms with Gasteiger partial charge in [-0.25, -0.2) is 9.98 Å². The molecule has 28 heavy (non-hydrogen) atoms. The normalized spacial score (nSPS) is 11.4. The third-order valence-electron chi connectivity index (χ3n) is 3.57. The van der Waals surface area contributed by atoms with Crippen LogP contribution in [0.4, 0.5) is 0 Å². The minimum absolute atomic E-state index is 0. The van der Waals surface area contributed by atoms with E-state index in [0.717, 1.165) is 29.5 Å². The Hall–Kier alpha value is -2.03. The first-order chi connectivity index (χ1) is 12.9. The zero-order valence-electron chi connectivity index (χ0n) is 17.3. The van der Waals surface area contributed by atoms with Crippen molar-refractivity contribution in [2.45, 2.75) is 46.4 Å². The fraction of sp³-hybridized carbons (Fsp3) is 0.429. The van der Waals surface area contributed by atoms with Crippen molar-refractivity contribution < 1.29 is 9.47 Å². The third kappa shape index (κ3) is 8.33. The van der Waals surface area contributed by atoms with E-state index in [1.165, 1.54) is 0 Å². The second-order valence-electron chi connectivity index (χ2n) is 7.04. The van der Waals surface area contributed by atoms with Gasteiger partial charge in [0.25, 0.3) is 0 Å². The molecule has 2 rings (SSSR count). The Balaban J connectivity index is 0.00000392. The summed E-state index contributed by atoms with van der Waals surface area (Å²) in [5.74, 6) is 2.19. The van der Waals surface area contributed by atoms with Crippen LogP contribution in [0.3, 0.4) is 0 Å². The fourth-order valence-electron chi connectivity index (χ4n) is 2.41. The first kappa shape index (κ1) is 24.0. The maximum Gasteiger partial charge on any atom is 0.213 e. The molecule has 0 fully saturated rings. The Kier molecular flexibility index (Phi) is 10.1. The van der Waals surface area contributed by atoms with Crippen LogP contribution in [0, 0.1) is 0 Å². The number of hydrogen-bond acceptors (Lipinski definition) is 4. The van der Waals surface area contributed by atoms with Gasteiger partial charge in [-0.2, -0.15) is 0 Å². The van der Waals surface area contributed by atoms with E-state index in [0.29, 0.717) is 19.0 Å². The molecule has 2 aromatic rings. The summed E-state index contributed by atoms with van der Waals surface area (Å²) in [6, 6.07) is 13.7. The quantitative estimate of drug-likeness (QED) is 0.341. The summed E-state index contributed by atoms with van der Waals surface area (Å²) in [7, 11) is 1.61. The number of pyridine rings is 1. The molecule has 0 unspecified atom stereocenters. The molecule has 1 aromatic heterocycles. The van der Waals surface area contributed by atoms with Crippen LogP contribution in [-0.4, -0.2) is 30.2 Å².